The van der Waals surface area contributed by atoms with E-state index in [1.165, 1.54) is 0 Å². The standard InChI is InChI=1S/C13H19N3O/c1-11-3-4-12(9-14-11)13(17)10-16-7-5-15(2)6-8-16/h3-4,9H,5-8,10H2,1-2H3. The molecule has 0 radical (unpaired) electrons. The third-order valence-corrected chi connectivity index (χ3v) is 3.20. The lowest BCUT2D eigenvalue weighted by molar-refractivity contribution is 0.0876. The highest BCUT2D eigenvalue weighted by molar-refractivity contribution is 5.97. The van der Waals surface area contributed by atoms with E-state index in [2.05, 4.69) is 21.8 Å². The highest BCUT2D eigenvalue weighted by Crippen LogP contribution is 2.04. The normalized spacial score (nSPS) is 18.2. The van der Waals surface area contributed by atoms with Crippen LogP contribution in [0.3, 0.4) is 0 Å². The maximum atomic E-state index is 12.0. The Balaban J connectivity index is 1.91. The van der Waals surface area contributed by atoms with Gasteiger partial charge in [-0.3, -0.25) is 14.7 Å². The highest BCUT2D eigenvalue weighted by atomic mass is 16.1. The number of carbonyl (C=O) groups is 1. The molecular formula is C13H19N3O. The van der Waals surface area contributed by atoms with Crippen molar-refractivity contribution < 1.29 is 4.79 Å². The quantitative estimate of drug-likeness (QED) is 0.724. The molecule has 0 bridgehead atoms. The molecule has 0 aromatic carbocycles. The van der Waals surface area contributed by atoms with Crippen molar-refractivity contribution in [2.75, 3.05) is 39.8 Å². The zero-order chi connectivity index (χ0) is 12.3. The van der Waals surface area contributed by atoms with Crippen molar-refractivity contribution in [2.45, 2.75) is 6.92 Å². The molecule has 0 saturated carbocycles. The van der Waals surface area contributed by atoms with Crippen molar-refractivity contribution in [3.05, 3.63) is 29.6 Å². The highest BCUT2D eigenvalue weighted by Gasteiger charge is 2.17. The van der Waals surface area contributed by atoms with Crippen LogP contribution in [0.15, 0.2) is 18.3 Å². The molecule has 1 saturated heterocycles. The topological polar surface area (TPSA) is 36.4 Å². The fraction of sp³-hybridized carbons (Fsp3) is 0.538. The number of hydrogen-bond donors (Lipinski definition) is 0. The number of ketones is 1. The summed E-state index contributed by atoms with van der Waals surface area (Å²) >= 11 is 0. The van der Waals surface area contributed by atoms with E-state index in [9.17, 15) is 4.79 Å². The van der Waals surface area contributed by atoms with Gasteiger partial charge in [-0.1, -0.05) is 0 Å². The van der Waals surface area contributed by atoms with Crippen LogP contribution in [0.1, 0.15) is 16.1 Å². The van der Waals surface area contributed by atoms with E-state index in [0.717, 1.165) is 37.4 Å². The molecule has 2 heterocycles. The van der Waals surface area contributed by atoms with Crippen LogP contribution < -0.4 is 0 Å². The van der Waals surface area contributed by atoms with Gasteiger partial charge in [-0.05, 0) is 26.1 Å². The van der Waals surface area contributed by atoms with Crippen molar-refractivity contribution in [1.82, 2.24) is 14.8 Å². The number of rotatable bonds is 3. The van der Waals surface area contributed by atoms with Crippen LogP contribution in [0.5, 0.6) is 0 Å². The maximum Gasteiger partial charge on any atom is 0.178 e. The van der Waals surface area contributed by atoms with E-state index in [-0.39, 0.29) is 5.78 Å². The predicted octanol–water partition coefficient (Wildman–Crippen LogP) is 0.820. The molecule has 1 aromatic heterocycles. The van der Waals surface area contributed by atoms with Crippen LogP contribution in [0.2, 0.25) is 0 Å². The molecule has 2 rings (SSSR count). The van der Waals surface area contributed by atoms with Gasteiger partial charge in [0.25, 0.3) is 0 Å². The Kier molecular flexibility index (Phi) is 3.86. The zero-order valence-electron chi connectivity index (χ0n) is 10.5. The Morgan fingerprint density at radius 1 is 1.29 bits per heavy atom. The molecular weight excluding hydrogens is 214 g/mol. The van der Waals surface area contributed by atoms with Gasteiger partial charge in [0, 0.05) is 43.6 Å². The summed E-state index contributed by atoms with van der Waals surface area (Å²) < 4.78 is 0. The maximum absolute atomic E-state index is 12.0. The fourth-order valence-electron chi connectivity index (χ4n) is 1.93. The minimum absolute atomic E-state index is 0.169. The first-order valence-corrected chi connectivity index (χ1v) is 6.02. The Morgan fingerprint density at radius 2 is 2.00 bits per heavy atom. The Morgan fingerprint density at radius 3 is 2.59 bits per heavy atom. The summed E-state index contributed by atoms with van der Waals surface area (Å²) in [5.74, 6) is 0.169. The molecule has 0 atom stereocenters. The van der Waals surface area contributed by atoms with E-state index in [1.54, 1.807) is 6.20 Å². The third kappa shape index (κ3) is 3.35. The average Bonchev–Trinajstić information content (AvgIpc) is 2.33. The lowest BCUT2D eigenvalue weighted by Gasteiger charge is -2.31. The van der Waals surface area contributed by atoms with Crippen LogP contribution in [0, 0.1) is 6.92 Å². The minimum atomic E-state index is 0.169. The summed E-state index contributed by atoms with van der Waals surface area (Å²) in [4.78, 5) is 20.7. The SMILES string of the molecule is Cc1ccc(C(=O)CN2CCN(C)CC2)cn1. The van der Waals surface area contributed by atoms with Crippen LogP contribution in [-0.2, 0) is 0 Å². The van der Waals surface area contributed by atoms with Gasteiger partial charge in [-0.15, -0.1) is 0 Å². The van der Waals surface area contributed by atoms with E-state index >= 15 is 0 Å². The first-order chi connectivity index (χ1) is 8.15. The van der Waals surface area contributed by atoms with E-state index < -0.39 is 0 Å². The zero-order valence-corrected chi connectivity index (χ0v) is 10.5. The second-order valence-corrected chi connectivity index (χ2v) is 4.69. The number of piperazine rings is 1. The van der Waals surface area contributed by atoms with E-state index in [4.69, 9.17) is 0 Å². The second kappa shape index (κ2) is 5.38. The summed E-state index contributed by atoms with van der Waals surface area (Å²) in [5.41, 5.74) is 1.66. The molecule has 0 amide bonds. The Hall–Kier alpha value is -1.26. The lowest BCUT2D eigenvalue weighted by Crippen LogP contribution is -2.46. The van der Waals surface area contributed by atoms with Crippen molar-refractivity contribution in [3.8, 4) is 0 Å². The van der Waals surface area contributed by atoms with Crippen LogP contribution in [0.4, 0.5) is 0 Å². The number of Topliss-reactive ketones (excluding diaryl/α,β-unsaturated/α-hetero) is 1. The molecule has 1 aliphatic rings. The van der Waals surface area contributed by atoms with Crippen LogP contribution >= 0.6 is 0 Å². The smallest absolute Gasteiger partial charge is 0.178 e. The monoisotopic (exact) mass is 233 g/mol. The largest absolute Gasteiger partial charge is 0.304 e. The van der Waals surface area contributed by atoms with Gasteiger partial charge in [0.15, 0.2) is 5.78 Å². The lowest BCUT2D eigenvalue weighted by atomic mass is 10.1. The van der Waals surface area contributed by atoms with Gasteiger partial charge < -0.3 is 4.90 Å². The summed E-state index contributed by atoms with van der Waals surface area (Å²) in [7, 11) is 2.11. The number of hydrogen-bond acceptors (Lipinski definition) is 4. The van der Waals surface area contributed by atoms with Gasteiger partial charge in [0.2, 0.25) is 0 Å². The summed E-state index contributed by atoms with van der Waals surface area (Å²) in [5, 5.41) is 0. The van der Waals surface area contributed by atoms with Crippen molar-refractivity contribution in [3.63, 3.8) is 0 Å². The molecule has 92 valence electrons. The number of likely N-dealkylation sites (N-methyl/N-ethyl adjacent to an activating group) is 1. The van der Waals surface area contributed by atoms with Crippen molar-refractivity contribution >= 4 is 5.78 Å². The van der Waals surface area contributed by atoms with Gasteiger partial charge in [-0.25, -0.2) is 0 Å². The van der Waals surface area contributed by atoms with Crippen LogP contribution in [-0.4, -0.2) is 60.3 Å². The number of carbonyl (C=O) groups excluding carboxylic acids is 1. The summed E-state index contributed by atoms with van der Waals surface area (Å²) in [6, 6.07) is 3.75. The Labute approximate surface area is 102 Å². The van der Waals surface area contributed by atoms with Crippen LogP contribution in [0.25, 0.3) is 0 Å². The van der Waals surface area contributed by atoms with Crippen molar-refractivity contribution in [2.24, 2.45) is 0 Å². The first-order valence-electron chi connectivity index (χ1n) is 6.02. The molecule has 0 unspecified atom stereocenters. The average molecular weight is 233 g/mol. The molecule has 1 fully saturated rings. The molecule has 17 heavy (non-hydrogen) atoms. The Bertz CT molecular complexity index is 380. The van der Waals surface area contributed by atoms with E-state index in [0.29, 0.717) is 6.54 Å². The molecule has 1 aromatic rings. The number of pyridine rings is 1. The minimum Gasteiger partial charge on any atom is -0.304 e. The molecule has 0 N–H and O–H groups in total. The summed E-state index contributed by atoms with van der Waals surface area (Å²) in [6.45, 7) is 6.47. The van der Waals surface area contributed by atoms with Gasteiger partial charge in [0.1, 0.15) is 0 Å². The van der Waals surface area contributed by atoms with E-state index in [1.807, 2.05) is 19.1 Å². The number of aromatic nitrogens is 1. The fourth-order valence-corrected chi connectivity index (χ4v) is 1.93. The molecule has 1 aliphatic heterocycles. The molecule has 0 spiro atoms. The predicted molar refractivity (Wildman–Crippen MR) is 67.2 cm³/mol. The number of nitrogens with zero attached hydrogens (tertiary/aromatic N) is 3. The van der Waals surface area contributed by atoms with Gasteiger partial charge in [0.05, 0.1) is 6.54 Å². The van der Waals surface area contributed by atoms with Gasteiger partial charge in [-0.2, -0.15) is 0 Å². The second-order valence-electron chi connectivity index (χ2n) is 4.69. The summed E-state index contributed by atoms with van der Waals surface area (Å²) in [6.07, 6.45) is 1.67. The molecule has 4 heteroatoms. The number of aryl methyl sites for hydroxylation is 1. The molecule has 4 nitrogen and oxygen atoms in total. The van der Waals surface area contributed by atoms with Gasteiger partial charge >= 0.3 is 0 Å². The molecule has 0 aliphatic carbocycles. The first kappa shape index (κ1) is 12.2. The van der Waals surface area contributed by atoms with Crippen molar-refractivity contribution in [1.29, 1.82) is 0 Å². The third-order valence-electron chi connectivity index (χ3n) is 3.20.